The maximum Gasteiger partial charge on any atom is 0.296 e. The summed E-state index contributed by atoms with van der Waals surface area (Å²) in [5.74, 6) is 0. The number of nitrogens with zero attached hydrogens (tertiary/aromatic N) is 1. The van der Waals surface area contributed by atoms with E-state index in [0.717, 1.165) is 5.56 Å². The zero-order valence-electron chi connectivity index (χ0n) is 8.54. The molecule has 0 amide bonds. The number of pyridine rings is 1. The second-order valence-corrected chi connectivity index (χ2v) is 5.10. The van der Waals surface area contributed by atoms with E-state index in [2.05, 4.69) is 4.98 Å². The molecule has 6 heteroatoms. The van der Waals surface area contributed by atoms with Crippen LogP contribution < -0.4 is 0 Å². The van der Waals surface area contributed by atoms with Gasteiger partial charge in [-0.15, -0.1) is 0 Å². The SMILES string of the molecule is O=S(=O)(O)c1cccc(-c2ccncc2)c1Cl. The van der Waals surface area contributed by atoms with Gasteiger partial charge in [0.25, 0.3) is 10.1 Å². The first-order chi connectivity index (χ1) is 8.00. The molecule has 0 aliphatic carbocycles. The highest BCUT2D eigenvalue weighted by Crippen LogP contribution is 2.32. The van der Waals surface area contributed by atoms with Crippen molar-refractivity contribution in [2.75, 3.05) is 0 Å². The van der Waals surface area contributed by atoms with Gasteiger partial charge in [0.15, 0.2) is 0 Å². The van der Waals surface area contributed by atoms with Crippen LogP contribution >= 0.6 is 11.6 Å². The Bertz CT molecular complexity index is 641. The van der Waals surface area contributed by atoms with E-state index in [0.29, 0.717) is 5.56 Å². The summed E-state index contributed by atoms with van der Waals surface area (Å²) < 4.78 is 31.2. The van der Waals surface area contributed by atoms with Crippen LogP contribution in [0, 0.1) is 0 Å². The standard InChI is InChI=1S/C11H8ClNO3S/c12-11-9(8-4-6-13-7-5-8)2-1-3-10(11)17(14,15)16/h1-7H,(H,14,15,16). The molecule has 0 aliphatic heterocycles. The smallest absolute Gasteiger partial charge is 0.282 e. The summed E-state index contributed by atoms with van der Waals surface area (Å²) in [6.07, 6.45) is 3.15. The number of hydrogen-bond donors (Lipinski definition) is 1. The number of rotatable bonds is 2. The lowest BCUT2D eigenvalue weighted by Gasteiger charge is -2.07. The maximum atomic E-state index is 11.1. The van der Waals surface area contributed by atoms with Gasteiger partial charge in [-0.2, -0.15) is 8.42 Å². The molecule has 1 N–H and O–H groups in total. The first-order valence-electron chi connectivity index (χ1n) is 4.66. The molecule has 1 aromatic carbocycles. The van der Waals surface area contributed by atoms with Crippen molar-refractivity contribution in [1.29, 1.82) is 0 Å². The molecule has 1 heterocycles. The topological polar surface area (TPSA) is 67.3 Å². The Labute approximate surface area is 104 Å². The Morgan fingerprint density at radius 3 is 2.35 bits per heavy atom. The molecule has 2 aromatic rings. The van der Waals surface area contributed by atoms with Gasteiger partial charge < -0.3 is 0 Å². The zero-order valence-corrected chi connectivity index (χ0v) is 10.1. The van der Waals surface area contributed by atoms with Crippen LogP contribution in [0.3, 0.4) is 0 Å². The minimum absolute atomic E-state index is 0.00111. The Morgan fingerprint density at radius 1 is 1.12 bits per heavy atom. The first-order valence-corrected chi connectivity index (χ1v) is 6.48. The van der Waals surface area contributed by atoms with Gasteiger partial charge in [-0.05, 0) is 23.8 Å². The molecule has 0 saturated heterocycles. The van der Waals surface area contributed by atoms with Crippen LogP contribution in [0.1, 0.15) is 0 Å². The Balaban J connectivity index is 2.67. The molecule has 17 heavy (non-hydrogen) atoms. The van der Waals surface area contributed by atoms with Crippen molar-refractivity contribution in [3.05, 3.63) is 47.7 Å². The minimum atomic E-state index is -4.31. The van der Waals surface area contributed by atoms with E-state index in [1.54, 1.807) is 30.6 Å². The summed E-state index contributed by atoms with van der Waals surface area (Å²) in [5, 5.41) is 0.00111. The van der Waals surface area contributed by atoms with E-state index in [1.165, 1.54) is 12.1 Å². The van der Waals surface area contributed by atoms with Crippen LogP contribution in [-0.2, 0) is 10.1 Å². The van der Waals surface area contributed by atoms with E-state index >= 15 is 0 Å². The number of halogens is 1. The first kappa shape index (κ1) is 12.0. The van der Waals surface area contributed by atoms with Gasteiger partial charge in [-0.3, -0.25) is 9.54 Å². The Morgan fingerprint density at radius 2 is 1.76 bits per heavy atom. The summed E-state index contributed by atoms with van der Waals surface area (Å²) in [7, 11) is -4.31. The number of hydrogen-bond acceptors (Lipinski definition) is 3. The van der Waals surface area contributed by atoms with Crippen molar-refractivity contribution >= 4 is 21.7 Å². The van der Waals surface area contributed by atoms with Crippen molar-refractivity contribution in [2.45, 2.75) is 4.90 Å². The molecule has 0 bridgehead atoms. The third-order valence-electron chi connectivity index (χ3n) is 2.23. The molecule has 0 unspecified atom stereocenters. The van der Waals surface area contributed by atoms with Crippen molar-refractivity contribution < 1.29 is 13.0 Å². The molecule has 0 radical (unpaired) electrons. The van der Waals surface area contributed by atoms with Gasteiger partial charge in [0, 0.05) is 18.0 Å². The molecule has 2 rings (SSSR count). The summed E-state index contributed by atoms with van der Waals surface area (Å²) >= 11 is 5.97. The maximum absolute atomic E-state index is 11.1. The summed E-state index contributed by atoms with van der Waals surface area (Å²) in [5.41, 5.74) is 1.26. The average molecular weight is 270 g/mol. The molecule has 1 aromatic heterocycles. The molecule has 0 spiro atoms. The predicted octanol–water partition coefficient (Wildman–Crippen LogP) is 2.65. The fourth-order valence-corrected chi connectivity index (χ4v) is 2.58. The Hall–Kier alpha value is -1.43. The highest BCUT2D eigenvalue weighted by molar-refractivity contribution is 7.86. The van der Waals surface area contributed by atoms with Gasteiger partial charge in [-0.1, -0.05) is 23.7 Å². The molecule has 88 valence electrons. The van der Waals surface area contributed by atoms with Crippen LogP contribution in [0.2, 0.25) is 5.02 Å². The molecule has 0 atom stereocenters. The molecular formula is C11H8ClNO3S. The lowest BCUT2D eigenvalue weighted by Crippen LogP contribution is -1.99. The molecule has 0 aliphatic rings. The van der Waals surface area contributed by atoms with Gasteiger partial charge in [0.2, 0.25) is 0 Å². The molecule has 4 nitrogen and oxygen atoms in total. The van der Waals surface area contributed by atoms with Gasteiger partial charge in [0.05, 0.1) is 5.02 Å². The van der Waals surface area contributed by atoms with Crippen LogP contribution in [0.4, 0.5) is 0 Å². The monoisotopic (exact) mass is 269 g/mol. The second kappa shape index (κ2) is 4.44. The minimum Gasteiger partial charge on any atom is -0.282 e. The van der Waals surface area contributed by atoms with Crippen molar-refractivity contribution in [2.24, 2.45) is 0 Å². The van der Waals surface area contributed by atoms with Crippen LogP contribution in [-0.4, -0.2) is 18.0 Å². The summed E-state index contributed by atoms with van der Waals surface area (Å²) in [6, 6.07) is 7.85. The van der Waals surface area contributed by atoms with Crippen LogP contribution in [0.25, 0.3) is 11.1 Å². The second-order valence-electron chi connectivity index (χ2n) is 3.33. The summed E-state index contributed by atoms with van der Waals surface area (Å²) in [6.45, 7) is 0. The van der Waals surface area contributed by atoms with E-state index in [1.807, 2.05) is 0 Å². The number of benzene rings is 1. The van der Waals surface area contributed by atoms with Gasteiger partial charge in [0.1, 0.15) is 4.90 Å². The van der Waals surface area contributed by atoms with E-state index in [9.17, 15) is 8.42 Å². The fraction of sp³-hybridized carbons (Fsp3) is 0. The highest BCUT2D eigenvalue weighted by Gasteiger charge is 2.17. The third kappa shape index (κ3) is 2.46. The van der Waals surface area contributed by atoms with Crippen LogP contribution in [0.5, 0.6) is 0 Å². The summed E-state index contributed by atoms with van der Waals surface area (Å²) in [4.78, 5) is 3.56. The lowest BCUT2D eigenvalue weighted by atomic mass is 10.1. The highest BCUT2D eigenvalue weighted by atomic mass is 35.5. The average Bonchev–Trinajstić information content (AvgIpc) is 2.29. The fourth-order valence-electron chi connectivity index (χ4n) is 1.46. The normalized spacial score (nSPS) is 11.4. The molecule has 0 saturated carbocycles. The largest absolute Gasteiger partial charge is 0.296 e. The quantitative estimate of drug-likeness (QED) is 0.851. The number of aromatic nitrogens is 1. The van der Waals surface area contributed by atoms with Crippen molar-refractivity contribution in [3.63, 3.8) is 0 Å². The van der Waals surface area contributed by atoms with Gasteiger partial charge in [-0.25, -0.2) is 0 Å². The Kier molecular flexibility index (Phi) is 3.15. The molecular weight excluding hydrogens is 262 g/mol. The van der Waals surface area contributed by atoms with Crippen LogP contribution in [0.15, 0.2) is 47.6 Å². The van der Waals surface area contributed by atoms with Crippen molar-refractivity contribution in [1.82, 2.24) is 4.98 Å². The van der Waals surface area contributed by atoms with E-state index in [4.69, 9.17) is 16.2 Å². The molecule has 0 fully saturated rings. The van der Waals surface area contributed by atoms with Gasteiger partial charge >= 0.3 is 0 Å². The third-order valence-corrected chi connectivity index (χ3v) is 3.65. The van der Waals surface area contributed by atoms with E-state index in [-0.39, 0.29) is 9.92 Å². The van der Waals surface area contributed by atoms with E-state index < -0.39 is 10.1 Å². The zero-order chi connectivity index (χ0) is 12.5. The van der Waals surface area contributed by atoms with Crippen molar-refractivity contribution in [3.8, 4) is 11.1 Å². The lowest BCUT2D eigenvalue weighted by molar-refractivity contribution is 0.483. The predicted molar refractivity (Wildman–Crippen MR) is 64.5 cm³/mol.